The molecule has 2 rings (SSSR count). The summed E-state index contributed by atoms with van der Waals surface area (Å²) >= 11 is 0. The van der Waals surface area contributed by atoms with E-state index < -0.39 is 15.8 Å². The van der Waals surface area contributed by atoms with E-state index in [0.717, 1.165) is 0 Å². The number of aromatic amines is 1. The molecule has 1 fully saturated rings. The van der Waals surface area contributed by atoms with E-state index in [4.69, 9.17) is 5.11 Å². The van der Waals surface area contributed by atoms with Gasteiger partial charge < -0.3 is 5.11 Å². The summed E-state index contributed by atoms with van der Waals surface area (Å²) < 4.78 is 22.5. The number of carboxylic acid groups (broad SMARTS) is 1. The Kier molecular flexibility index (Phi) is 2.66. The van der Waals surface area contributed by atoms with Crippen molar-refractivity contribution in [2.75, 3.05) is 11.5 Å². The van der Waals surface area contributed by atoms with Gasteiger partial charge in [-0.1, -0.05) is 0 Å². The Hall–Kier alpha value is -1.44. The number of aliphatic carboxylic acids is 1. The van der Waals surface area contributed by atoms with Crippen LogP contribution in [0.15, 0.2) is 0 Å². The van der Waals surface area contributed by atoms with Crippen molar-refractivity contribution < 1.29 is 18.3 Å². The molecule has 1 saturated heterocycles. The Bertz CT molecular complexity index is 507. The lowest BCUT2D eigenvalue weighted by molar-refractivity contribution is -0.136. The second-order valence-corrected chi connectivity index (χ2v) is 6.04. The van der Waals surface area contributed by atoms with E-state index in [-0.39, 0.29) is 29.7 Å². The first-order valence-electron chi connectivity index (χ1n) is 4.80. The van der Waals surface area contributed by atoms with E-state index in [2.05, 4.69) is 15.2 Å². The highest BCUT2D eigenvalue weighted by Gasteiger charge is 2.31. The van der Waals surface area contributed by atoms with Gasteiger partial charge in [-0.15, -0.1) is 0 Å². The largest absolute Gasteiger partial charge is 0.481 e. The molecule has 1 unspecified atom stereocenters. The van der Waals surface area contributed by atoms with Crippen molar-refractivity contribution in [3.63, 3.8) is 0 Å². The van der Waals surface area contributed by atoms with E-state index in [1.807, 2.05) is 0 Å². The Morgan fingerprint density at radius 1 is 1.56 bits per heavy atom. The van der Waals surface area contributed by atoms with E-state index in [9.17, 15) is 13.2 Å². The molecule has 2 N–H and O–H groups in total. The molecule has 1 atom stereocenters. The Labute approximate surface area is 91.8 Å². The Balaban J connectivity index is 2.11. The second-order valence-electron chi connectivity index (χ2n) is 3.81. The summed E-state index contributed by atoms with van der Waals surface area (Å²) in [5.74, 6) is -0.340. The average Bonchev–Trinajstić information content (AvgIpc) is 2.71. The maximum Gasteiger partial charge on any atom is 0.311 e. The smallest absolute Gasteiger partial charge is 0.311 e. The summed E-state index contributed by atoms with van der Waals surface area (Å²) in [5.41, 5.74) is 0. The van der Waals surface area contributed by atoms with Crippen LogP contribution in [0.3, 0.4) is 0 Å². The molecule has 0 bridgehead atoms. The molecule has 16 heavy (non-hydrogen) atoms. The monoisotopic (exact) mass is 245 g/mol. The van der Waals surface area contributed by atoms with Crippen LogP contribution in [0.5, 0.6) is 0 Å². The van der Waals surface area contributed by atoms with Crippen LogP contribution in [0.1, 0.15) is 24.0 Å². The predicted octanol–water partition coefficient (Wildman–Crippen LogP) is -0.666. The van der Waals surface area contributed by atoms with Crippen LogP contribution in [0, 0.1) is 0 Å². The summed E-state index contributed by atoms with van der Waals surface area (Å²) in [4.78, 5) is 14.4. The average molecular weight is 245 g/mol. The minimum absolute atomic E-state index is 0.0529. The first-order valence-corrected chi connectivity index (χ1v) is 6.62. The lowest BCUT2D eigenvalue weighted by Crippen LogP contribution is -2.05. The molecule has 88 valence electrons. The normalized spacial score (nSPS) is 23.4. The van der Waals surface area contributed by atoms with E-state index >= 15 is 0 Å². The van der Waals surface area contributed by atoms with Gasteiger partial charge in [-0.3, -0.25) is 9.89 Å². The van der Waals surface area contributed by atoms with Crippen molar-refractivity contribution in [2.45, 2.75) is 18.8 Å². The van der Waals surface area contributed by atoms with Crippen LogP contribution in [0.2, 0.25) is 0 Å². The van der Waals surface area contributed by atoms with Crippen molar-refractivity contribution >= 4 is 15.8 Å². The van der Waals surface area contributed by atoms with Crippen molar-refractivity contribution in [1.29, 1.82) is 0 Å². The Morgan fingerprint density at radius 2 is 2.31 bits per heavy atom. The van der Waals surface area contributed by atoms with Gasteiger partial charge in [-0.2, -0.15) is 5.10 Å². The molecule has 8 heteroatoms. The van der Waals surface area contributed by atoms with E-state index in [0.29, 0.717) is 12.2 Å². The number of hydrogen-bond acceptors (Lipinski definition) is 5. The number of aromatic nitrogens is 3. The number of carboxylic acids is 1. The van der Waals surface area contributed by atoms with Gasteiger partial charge in [0.25, 0.3) is 0 Å². The lowest BCUT2D eigenvalue weighted by atomic mass is 10.1. The topological polar surface area (TPSA) is 113 Å². The number of rotatable bonds is 3. The molecular weight excluding hydrogens is 234 g/mol. The van der Waals surface area contributed by atoms with Gasteiger partial charge in [0.1, 0.15) is 12.2 Å². The van der Waals surface area contributed by atoms with Crippen LogP contribution in [-0.4, -0.2) is 46.2 Å². The number of nitrogens with zero attached hydrogens (tertiary/aromatic N) is 2. The third-order valence-electron chi connectivity index (χ3n) is 2.47. The number of carbonyl (C=O) groups is 1. The number of sulfone groups is 1. The fourth-order valence-electron chi connectivity index (χ4n) is 1.71. The second kappa shape index (κ2) is 3.85. The molecule has 0 saturated carbocycles. The molecular formula is C8H11N3O4S. The molecule has 7 nitrogen and oxygen atoms in total. The highest BCUT2D eigenvalue weighted by Crippen LogP contribution is 2.26. The van der Waals surface area contributed by atoms with Gasteiger partial charge >= 0.3 is 5.97 Å². The highest BCUT2D eigenvalue weighted by atomic mass is 32.2. The first-order chi connectivity index (χ1) is 7.46. The zero-order valence-electron chi connectivity index (χ0n) is 8.38. The van der Waals surface area contributed by atoms with Gasteiger partial charge in [-0.25, -0.2) is 13.4 Å². The molecule has 1 aromatic heterocycles. The predicted molar refractivity (Wildman–Crippen MR) is 53.7 cm³/mol. The zero-order valence-corrected chi connectivity index (χ0v) is 9.20. The van der Waals surface area contributed by atoms with Gasteiger partial charge in [-0.05, 0) is 6.42 Å². The maximum absolute atomic E-state index is 11.2. The lowest BCUT2D eigenvalue weighted by Gasteiger charge is -1.99. The quantitative estimate of drug-likeness (QED) is 0.730. The summed E-state index contributed by atoms with van der Waals surface area (Å²) in [6.45, 7) is 0. The molecule has 0 aromatic carbocycles. The van der Waals surface area contributed by atoms with Crippen molar-refractivity contribution in [3.05, 3.63) is 11.6 Å². The van der Waals surface area contributed by atoms with Gasteiger partial charge in [0.05, 0.1) is 11.5 Å². The van der Waals surface area contributed by atoms with Crippen LogP contribution in [0.4, 0.5) is 0 Å². The van der Waals surface area contributed by atoms with E-state index in [1.165, 1.54) is 0 Å². The van der Waals surface area contributed by atoms with E-state index in [1.54, 1.807) is 0 Å². The fraction of sp³-hybridized carbons (Fsp3) is 0.625. The molecule has 1 aliphatic heterocycles. The Morgan fingerprint density at radius 3 is 2.88 bits per heavy atom. The van der Waals surface area contributed by atoms with Gasteiger partial charge in [0, 0.05) is 5.92 Å². The third-order valence-corrected chi connectivity index (χ3v) is 4.23. The summed E-state index contributed by atoms with van der Waals surface area (Å²) in [7, 11) is -2.97. The highest BCUT2D eigenvalue weighted by molar-refractivity contribution is 7.91. The minimum Gasteiger partial charge on any atom is -0.481 e. The van der Waals surface area contributed by atoms with Gasteiger partial charge in [0.2, 0.25) is 0 Å². The van der Waals surface area contributed by atoms with Crippen molar-refractivity contribution in [1.82, 2.24) is 15.2 Å². The molecule has 0 spiro atoms. The van der Waals surface area contributed by atoms with Gasteiger partial charge in [0.15, 0.2) is 15.7 Å². The van der Waals surface area contributed by atoms with Crippen LogP contribution in [-0.2, 0) is 21.1 Å². The summed E-state index contributed by atoms with van der Waals surface area (Å²) in [6.07, 6.45) is 0.277. The van der Waals surface area contributed by atoms with Crippen LogP contribution >= 0.6 is 0 Å². The molecule has 0 radical (unpaired) electrons. The minimum atomic E-state index is -2.97. The van der Waals surface area contributed by atoms with Crippen molar-refractivity contribution in [3.8, 4) is 0 Å². The van der Waals surface area contributed by atoms with Crippen LogP contribution in [0.25, 0.3) is 0 Å². The maximum atomic E-state index is 11.2. The number of hydrogen-bond donors (Lipinski definition) is 2. The third kappa shape index (κ3) is 2.38. The number of H-pyrrole nitrogens is 1. The standard InChI is InChI=1S/C8H11N3O4S/c12-7(13)3-6-9-8(11-10-6)5-1-2-16(14,15)4-5/h5H,1-4H2,(H,12,13)(H,9,10,11). The van der Waals surface area contributed by atoms with Crippen molar-refractivity contribution in [2.24, 2.45) is 0 Å². The fourth-order valence-corrected chi connectivity index (χ4v) is 3.45. The molecule has 0 aliphatic carbocycles. The molecule has 1 aliphatic rings. The number of nitrogens with one attached hydrogen (secondary N) is 1. The molecule has 0 amide bonds. The first kappa shape index (κ1) is 11.1. The summed E-state index contributed by atoms with van der Waals surface area (Å²) in [6, 6.07) is 0. The molecule has 1 aromatic rings. The zero-order chi connectivity index (χ0) is 11.8. The SMILES string of the molecule is O=C(O)Cc1nc(C2CCS(=O)(=O)C2)n[nH]1. The van der Waals surface area contributed by atoms with Crippen LogP contribution < -0.4 is 0 Å². The molecule has 2 heterocycles. The summed E-state index contributed by atoms with van der Waals surface area (Å²) in [5, 5.41) is 14.9.